The van der Waals surface area contributed by atoms with Crippen LogP contribution in [0.4, 0.5) is 0 Å². The van der Waals surface area contributed by atoms with Gasteiger partial charge in [0, 0.05) is 0 Å². The largest absolute Gasteiger partial charge is 0.398 e. The summed E-state index contributed by atoms with van der Waals surface area (Å²) < 4.78 is 8.94. The van der Waals surface area contributed by atoms with Crippen molar-refractivity contribution in [1.29, 1.82) is 0 Å². The Balaban J connectivity index is 2.50. The first-order valence-electron chi connectivity index (χ1n) is 4.45. The number of fused-ring (bicyclic) bond motifs is 1. The maximum absolute atomic E-state index is 11.5. The van der Waals surface area contributed by atoms with Crippen LogP contribution in [0.2, 0.25) is 0 Å². The van der Waals surface area contributed by atoms with Crippen LogP contribution < -0.4 is 0 Å². The lowest BCUT2D eigenvalue weighted by atomic mass is 10.1. The van der Waals surface area contributed by atoms with Crippen molar-refractivity contribution in [2.24, 2.45) is 0 Å². The average Bonchev–Trinajstić information content (AvgIpc) is 2.37. The second-order valence-corrected chi connectivity index (χ2v) is 3.20. The molecule has 2 N–H and O–H groups in total. The minimum atomic E-state index is -2.62. The van der Waals surface area contributed by atoms with Gasteiger partial charge in [-0.1, -0.05) is 12.1 Å². The molecule has 0 amide bonds. The maximum atomic E-state index is 11.5. The summed E-state index contributed by atoms with van der Waals surface area (Å²) in [5.74, 6) is -4.48. The van der Waals surface area contributed by atoms with Gasteiger partial charge in [0.1, 0.15) is 6.61 Å². The van der Waals surface area contributed by atoms with E-state index in [1.807, 2.05) is 0 Å². The number of hydrogen-bond donors (Lipinski definition) is 2. The molecule has 0 aliphatic carbocycles. The number of carbonyl (C=O) groups excluding carboxylic acids is 2. The quantitative estimate of drug-likeness (QED) is 0.633. The lowest BCUT2D eigenvalue weighted by Crippen LogP contribution is -2.41. The van der Waals surface area contributed by atoms with Crippen molar-refractivity contribution < 1.29 is 29.3 Å². The zero-order chi connectivity index (χ0) is 11.8. The van der Waals surface area contributed by atoms with Gasteiger partial charge in [0.05, 0.1) is 11.1 Å². The van der Waals surface area contributed by atoms with Crippen LogP contribution in [0.3, 0.4) is 0 Å². The number of aliphatic hydroxyl groups is 2. The minimum absolute atomic E-state index is 0.0168. The number of benzene rings is 1. The molecule has 1 aliphatic heterocycles. The fourth-order valence-corrected chi connectivity index (χ4v) is 1.32. The van der Waals surface area contributed by atoms with Crippen LogP contribution in [0.25, 0.3) is 0 Å². The fraction of sp³-hybridized carbons (Fsp3) is 0.200. The van der Waals surface area contributed by atoms with Crippen molar-refractivity contribution >= 4 is 11.9 Å². The van der Waals surface area contributed by atoms with E-state index in [2.05, 4.69) is 9.47 Å². The number of hydrogen-bond acceptors (Lipinski definition) is 6. The van der Waals surface area contributed by atoms with Crippen molar-refractivity contribution in [1.82, 2.24) is 0 Å². The lowest BCUT2D eigenvalue weighted by Gasteiger charge is -2.21. The van der Waals surface area contributed by atoms with Crippen LogP contribution in [-0.2, 0) is 9.47 Å². The maximum Gasteiger partial charge on any atom is 0.398 e. The molecule has 0 unspecified atom stereocenters. The van der Waals surface area contributed by atoms with E-state index in [1.54, 1.807) is 0 Å². The second kappa shape index (κ2) is 3.58. The van der Waals surface area contributed by atoms with Gasteiger partial charge in [0.25, 0.3) is 0 Å². The van der Waals surface area contributed by atoms with Crippen molar-refractivity contribution in [3.8, 4) is 0 Å². The van der Waals surface area contributed by atoms with Crippen LogP contribution >= 0.6 is 0 Å². The molecule has 0 bridgehead atoms. The molecular weight excluding hydrogens is 216 g/mol. The average molecular weight is 224 g/mol. The molecule has 0 fully saturated rings. The topological polar surface area (TPSA) is 93.1 Å². The number of cyclic esters (lactones) is 2. The molecule has 6 heteroatoms. The summed E-state index contributed by atoms with van der Waals surface area (Å²) in [7, 11) is 0. The third-order valence-corrected chi connectivity index (χ3v) is 2.07. The third kappa shape index (κ3) is 1.64. The molecule has 6 nitrogen and oxygen atoms in total. The molecule has 0 saturated heterocycles. The van der Waals surface area contributed by atoms with Gasteiger partial charge in [0.2, 0.25) is 0 Å². The van der Waals surface area contributed by atoms with Crippen molar-refractivity contribution in [2.45, 2.75) is 5.97 Å². The van der Waals surface area contributed by atoms with E-state index in [1.165, 1.54) is 24.3 Å². The highest BCUT2D eigenvalue weighted by molar-refractivity contribution is 6.04. The Morgan fingerprint density at radius 1 is 1.06 bits per heavy atom. The zero-order valence-corrected chi connectivity index (χ0v) is 8.04. The Bertz CT molecular complexity index is 415. The van der Waals surface area contributed by atoms with Gasteiger partial charge in [-0.25, -0.2) is 9.59 Å². The number of rotatable bonds is 1. The highest BCUT2D eigenvalue weighted by Gasteiger charge is 2.41. The summed E-state index contributed by atoms with van der Waals surface area (Å²) in [5.41, 5.74) is -0.0336. The van der Waals surface area contributed by atoms with Gasteiger partial charge in [-0.2, -0.15) is 0 Å². The van der Waals surface area contributed by atoms with Gasteiger partial charge >= 0.3 is 17.9 Å². The van der Waals surface area contributed by atoms with Crippen LogP contribution in [0, 0.1) is 0 Å². The molecule has 1 aromatic carbocycles. The zero-order valence-electron chi connectivity index (χ0n) is 8.04. The van der Waals surface area contributed by atoms with Crippen LogP contribution in [0.15, 0.2) is 24.3 Å². The van der Waals surface area contributed by atoms with E-state index in [0.29, 0.717) is 0 Å². The molecule has 0 atom stereocenters. The smallest absolute Gasteiger partial charge is 0.392 e. The van der Waals surface area contributed by atoms with Gasteiger partial charge in [-0.3, -0.25) is 0 Å². The van der Waals surface area contributed by atoms with E-state index < -0.39 is 24.5 Å². The van der Waals surface area contributed by atoms with Crippen LogP contribution in [-0.4, -0.2) is 34.7 Å². The molecule has 1 aliphatic rings. The Morgan fingerprint density at radius 2 is 1.50 bits per heavy atom. The Morgan fingerprint density at radius 3 is 1.88 bits per heavy atom. The van der Waals surface area contributed by atoms with Crippen LogP contribution in [0.5, 0.6) is 0 Å². The van der Waals surface area contributed by atoms with E-state index in [0.717, 1.165) is 0 Å². The monoisotopic (exact) mass is 224 g/mol. The van der Waals surface area contributed by atoms with Crippen molar-refractivity contribution in [3.05, 3.63) is 35.4 Å². The van der Waals surface area contributed by atoms with E-state index in [9.17, 15) is 14.7 Å². The normalized spacial score (nSPS) is 18.1. The number of ether oxygens (including phenoxy) is 2. The lowest BCUT2D eigenvalue weighted by molar-refractivity contribution is -0.317. The molecule has 1 aromatic rings. The first kappa shape index (κ1) is 10.6. The number of esters is 2. The number of carbonyl (C=O) groups is 2. The Kier molecular flexibility index (Phi) is 2.37. The molecule has 16 heavy (non-hydrogen) atoms. The molecule has 1 heterocycles. The molecule has 0 aromatic heterocycles. The molecule has 0 spiro atoms. The van der Waals surface area contributed by atoms with Crippen molar-refractivity contribution in [3.63, 3.8) is 0 Å². The van der Waals surface area contributed by atoms with E-state index in [-0.39, 0.29) is 11.1 Å². The SMILES string of the molecule is O=C1OC(O)(CO)OC(=O)c2ccccc21. The highest BCUT2D eigenvalue weighted by Crippen LogP contribution is 2.22. The Labute approximate surface area is 90.0 Å². The van der Waals surface area contributed by atoms with Gasteiger partial charge < -0.3 is 19.7 Å². The van der Waals surface area contributed by atoms with Crippen molar-refractivity contribution in [2.75, 3.05) is 6.61 Å². The first-order valence-corrected chi connectivity index (χ1v) is 4.45. The summed E-state index contributed by atoms with van der Waals surface area (Å²) in [5, 5.41) is 18.2. The molecule has 84 valence electrons. The summed E-state index contributed by atoms with van der Waals surface area (Å²) in [4.78, 5) is 23.0. The molecule has 2 rings (SSSR count). The second-order valence-electron chi connectivity index (χ2n) is 3.20. The molecule has 0 radical (unpaired) electrons. The van der Waals surface area contributed by atoms with Gasteiger partial charge in [-0.15, -0.1) is 0 Å². The molecular formula is C10H8O6. The van der Waals surface area contributed by atoms with Crippen LogP contribution in [0.1, 0.15) is 20.7 Å². The van der Waals surface area contributed by atoms with E-state index in [4.69, 9.17) is 5.11 Å². The third-order valence-electron chi connectivity index (χ3n) is 2.07. The highest BCUT2D eigenvalue weighted by atomic mass is 16.8. The summed E-state index contributed by atoms with van der Waals surface area (Å²) in [6.07, 6.45) is 0. The first-order chi connectivity index (χ1) is 7.56. The predicted octanol–water partition coefficient (Wildman–Crippen LogP) is -0.348. The van der Waals surface area contributed by atoms with Gasteiger partial charge in [-0.05, 0) is 12.1 Å². The predicted molar refractivity (Wildman–Crippen MR) is 49.3 cm³/mol. The summed E-state index contributed by atoms with van der Waals surface area (Å²) >= 11 is 0. The van der Waals surface area contributed by atoms with E-state index >= 15 is 0 Å². The fourth-order valence-electron chi connectivity index (χ4n) is 1.32. The Hall–Kier alpha value is -1.92. The summed E-state index contributed by atoms with van der Waals surface area (Å²) in [6.45, 7) is -1.03. The van der Waals surface area contributed by atoms with Gasteiger partial charge in [0.15, 0.2) is 0 Å². The summed E-state index contributed by atoms with van der Waals surface area (Å²) in [6, 6.07) is 5.80. The minimum Gasteiger partial charge on any atom is -0.392 e. The number of aliphatic hydroxyl groups excluding tert-OH is 1. The standard InChI is InChI=1S/C10H8O6/c11-5-10(14)15-8(12)6-3-1-2-4-7(6)9(13)16-10/h1-4,11,14H,5H2. The molecule has 0 saturated carbocycles.